The van der Waals surface area contributed by atoms with E-state index < -0.39 is 22.0 Å². The molecule has 0 saturated heterocycles. The van der Waals surface area contributed by atoms with E-state index in [1.807, 2.05) is 0 Å². The maximum absolute atomic E-state index is 11.7. The number of carbonyl (C=O) groups is 1. The zero-order valence-electron chi connectivity index (χ0n) is 9.59. The van der Waals surface area contributed by atoms with Crippen molar-refractivity contribution in [2.24, 2.45) is 0 Å². The van der Waals surface area contributed by atoms with Gasteiger partial charge in [-0.15, -0.1) is 0 Å². The molecule has 0 unspecified atom stereocenters. The number of rotatable bonds is 4. The molecule has 0 amide bonds. The van der Waals surface area contributed by atoms with E-state index in [9.17, 15) is 13.2 Å². The van der Waals surface area contributed by atoms with Gasteiger partial charge in [0, 0.05) is 5.02 Å². The van der Waals surface area contributed by atoms with Crippen LogP contribution in [0.5, 0.6) is 0 Å². The van der Waals surface area contributed by atoms with Crippen LogP contribution < -0.4 is 4.31 Å². The van der Waals surface area contributed by atoms with Crippen LogP contribution in [0.3, 0.4) is 0 Å². The molecule has 1 aromatic rings. The van der Waals surface area contributed by atoms with E-state index in [0.29, 0.717) is 0 Å². The van der Waals surface area contributed by atoms with Gasteiger partial charge in [-0.2, -0.15) is 0 Å². The minimum Gasteiger partial charge on any atom is -0.480 e. The van der Waals surface area contributed by atoms with Crippen LogP contribution in [-0.2, 0) is 14.8 Å². The highest BCUT2D eigenvalue weighted by molar-refractivity contribution is 7.92. The minimum atomic E-state index is -3.79. The number of carboxylic acid groups (broad SMARTS) is 1. The standard InChI is InChI=1S/C10H11Cl2NO4S/c1-6(10(14)15)13(18(2,16)17)9-5-7(11)3-4-8(9)12/h3-6H,1-2H3,(H,14,15)/t6-/m1/s1. The first-order valence-electron chi connectivity index (χ1n) is 4.82. The third-order valence-electron chi connectivity index (χ3n) is 2.21. The van der Waals surface area contributed by atoms with Gasteiger partial charge in [-0.3, -0.25) is 4.31 Å². The van der Waals surface area contributed by atoms with E-state index in [0.717, 1.165) is 10.6 Å². The molecule has 0 saturated carbocycles. The van der Waals surface area contributed by atoms with Crippen LogP contribution in [0.4, 0.5) is 5.69 Å². The monoisotopic (exact) mass is 311 g/mol. The Hall–Kier alpha value is -0.980. The number of hydrogen-bond acceptors (Lipinski definition) is 3. The summed E-state index contributed by atoms with van der Waals surface area (Å²) in [6.07, 6.45) is 0.906. The number of carboxylic acids is 1. The molecule has 0 aliphatic heterocycles. The van der Waals surface area contributed by atoms with Crippen LogP contribution in [0, 0.1) is 0 Å². The Morgan fingerprint density at radius 3 is 2.39 bits per heavy atom. The first kappa shape index (κ1) is 15.1. The molecule has 0 radical (unpaired) electrons. The summed E-state index contributed by atoms with van der Waals surface area (Å²) in [4.78, 5) is 11.0. The quantitative estimate of drug-likeness (QED) is 0.925. The summed E-state index contributed by atoms with van der Waals surface area (Å²) >= 11 is 11.7. The van der Waals surface area contributed by atoms with Crippen molar-refractivity contribution in [1.82, 2.24) is 0 Å². The predicted molar refractivity (Wildman–Crippen MR) is 70.9 cm³/mol. The number of aliphatic carboxylic acids is 1. The molecule has 0 heterocycles. The van der Waals surface area contributed by atoms with Crippen LogP contribution in [0.2, 0.25) is 10.0 Å². The lowest BCUT2D eigenvalue weighted by molar-refractivity contribution is -0.137. The Morgan fingerprint density at radius 1 is 1.39 bits per heavy atom. The molecule has 0 spiro atoms. The SMILES string of the molecule is C[C@H](C(=O)O)N(c1cc(Cl)ccc1Cl)S(C)(=O)=O. The average Bonchev–Trinajstić information content (AvgIpc) is 2.21. The number of sulfonamides is 1. The summed E-state index contributed by atoms with van der Waals surface area (Å²) in [5.41, 5.74) is 0.0431. The van der Waals surface area contributed by atoms with Gasteiger partial charge in [0.05, 0.1) is 17.0 Å². The van der Waals surface area contributed by atoms with Crippen LogP contribution >= 0.6 is 23.2 Å². The summed E-state index contributed by atoms with van der Waals surface area (Å²) < 4.78 is 24.1. The highest BCUT2D eigenvalue weighted by Crippen LogP contribution is 2.32. The van der Waals surface area contributed by atoms with E-state index in [1.54, 1.807) is 0 Å². The molecular formula is C10H11Cl2NO4S. The summed E-state index contributed by atoms with van der Waals surface area (Å²) in [7, 11) is -3.79. The molecule has 5 nitrogen and oxygen atoms in total. The van der Waals surface area contributed by atoms with Gasteiger partial charge >= 0.3 is 5.97 Å². The largest absolute Gasteiger partial charge is 0.480 e. The molecule has 1 aromatic carbocycles. The first-order chi connectivity index (χ1) is 8.14. The van der Waals surface area contributed by atoms with Crippen molar-refractivity contribution >= 4 is 44.9 Å². The van der Waals surface area contributed by atoms with Crippen LogP contribution in [-0.4, -0.2) is 31.8 Å². The topological polar surface area (TPSA) is 74.7 Å². The van der Waals surface area contributed by atoms with Gasteiger partial charge < -0.3 is 5.11 Å². The van der Waals surface area contributed by atoms with Crippen molar-refractivity contribution in [3.05, 3.63) is 28.2 Å². The van der Waals surface area contributed by atoms with Crippen molar-refractivity contribution < 1.29 is 18.3 Å². The third-order valence-corrected chi connectivity index (χ3v) is 3.99. The molecule has 0 bridgehead atoms. The number of hydrogen-bond donors (Lipinski definition) is 1. The van der Waals surface area contributed by atoms with Gasteiger partial charge in [0.15, 0.2) is 0 Å². The van der Waals surface area contributed by atoms with Crippen LogP contribution in [0.15, 0.2) is 18.2 Å². The number of nitrogens with zero attached hydrogens (tertiary/aromatic N) is 1. The van der Waals surface area contributed by atoms with Crippen LogP contribution in [0.25, 0.3) is 0 Å². The van der Waals surface area contributed by atoms with E-state index in [2.05, 4.69) is 0 Å². The van der Waals surface area contributed by atoms with Crippen molar-refractivity contribution in [1.29, 1.82) is 0 Å². The van der Waals surface area contributed by atoms with Crippen molar-refractivity contribution in [2.45, 2.75) is 13.0 Å². The van der Waals surface area contributed by atoms with Crippen molar-refractivity contribution in [3.63, 3.8) is 0 Å². The smallest absolute Gasteiger partial charge is 0.327 e. The lowest BCUT2D eigenvalue weighted by Crippen LogP contribution is -2.43. The normalized spacial score (nSPS) is 13.1. The van der Waals surface area contributed by atoms with E-state index >= 15 is 0 Å². The fourth-order valence-electron chi connectivity index (χ4n) is 1.43. The van der Waals surface area contributed by atoms with E-state index in [4.69, 9.17) is 28.3 Å². The second-order valence-electron chi connectivity index (χ2n) is 3.67. The molecular weight excluding hydrogens is 301 g/mol. The molecule has 1 atom stereocenters. The average molecular weight is 312 g/mol. The maximum atomic E-state index is 11.7. The van der Waals surface area contributed by atoms with Crippen LogP contribution in [0.1, 0.15) is 6.92 Å². The van der Waals surface area contributed by atoms with Crippen molar-refractivity contribution in [3.8, 4) is 0 Å². The highest BCUT2D eigenvalue weighted by atomic mass is 35.5. The zero-order valence-corrected chi connectivity index (χ0v) is 11.9. The van der Waals surface area contributed by atoms with Gasteiger partial charge in [-0.05, 0) is 25.1 Å². The Kier molecular flexibility index (Phi) is 4.47. The molecule has 8 heteroatoms. The molecule has 18 heavy (non-hydrogen) atoms. The lowest BCUT2D eigenvalue weighted by atomic mass is 10.2. The molecule has 100 valence electrons. The van der Waals surface area contributed by atoms with Crippen molar-refractivity contribution in [2.75, 3.05) is 10.6 Å². The molecule has 0 fully saturated rings. The minimum absolute atomic E-state index is 0.0431. The van der Waals surface area contributed by atoms with Gasteiger partial charge in [0.25, 0.3) is 0 Å². The summed E-state index contributed by atoms with van der Waals surface area (Å²) in [6, 6.07) is 2.92. The number of halogens is 2. The van der Waals surface area contributed by atoms with E-state index in [-0.39, 0.29) is 15.7 Å². The number of benzene rings is 1. The molecule has 0 aliphatic rings. The third kappa shape index (κ3) is 3.28. The zero-order chi connectivity index (χ0) is 14.1. The second-order valence-corrected chi connectivity index (χ2v) is 6.37. The second kappa shape index (κ2) is 5.34. The van der Waals surface area contributed by atoms with Gasteiger partial charge in [0.2, 0.25) is 10.0 Å². The van der Waals surface area contributed by atoms with Gasteiger partial charge in [0.1, 0.15) is 6.04 Å². The summed E-state index contributed by atoms with van der Waals surface area (Å²) in [5, 5.41) is 9.33. The molecule has 1 N–H and O–H groups in total. The number of anilines is 1. The van der Waals surface area contributed by atoms with E-state index in [1.165, 1.54) is 25.1 Å². The Morgan fingerprint density at radius 2 is 1.94 bits per heavy atom. The Labute approximate surface area is 115 Å². The molecule has 0 aliphatic carbocycles. The highest BCUT2D eigenvalue weighted by Gasteiger charge is 2.30. The molecule has 0 aromatic heterocycles. The summed E-state index contributed by atoms with van der Waals surface area (Å²) in [6.45, 7) is 1.25. The summed E-state index contributed by atoms with van der Waals surface area (Å²) in [5.74, 6) is -1.28. The predicted octanol–water partition coefficient (Wildman–Crippen LogP) is 2.23. The fraction of sp³-hybridized carbons (Fsp3) is 0.300. The van der Waals surface area contributed by atoms with Gasteiger partial charge in [-0.25, -0.2) is 13.2 Å². The molecule has 1 rings (SSSR count). The Balaban J connectivity index is 3.45. The maximum Gasteiger partial charge on any atom is 0.327 e. The lowest BCUT2D eigenvalue weighted by Gasteiger charge is -2.27. The van der Waals surface area contributed by atoms with Gasteiger partial charge in [-0.1, -0.05) is 23.2 Å². The first-order valence-corrected chi connectivity index (χ1v) is 7.42. The Bertz CT molecular complexity index is 573. The fourth-order valence-corrected chi connectivity index (χ4v) is 3.03.